The van der Waals surface area contributed by atoms with Crippen molar-refractivity contribution >= 4 is 12.0 Å². The van der Waals surface area contributed by atoms with E-state index in [1.54, 1.807) is 20.3 Å². The van der Waals surface area contributed by atoms with Crippen LogP contribution in [0.3, 0.4) is 0 Å². The number of carbonyl (C=O) groups excluding carboxylic acids is 1. The highest BCUT2D eigenvalue weighted by atomic mass is 16.5. The minimum atomic E-state index is -0.303. The second-order valence-corrected chi connectivity index (χ2v) is 7.05. The maximum Gasteiger partial charge on any atom is 0.330 e. The third-order valence-electron chi connectivity index (χ3n) is 5.50. The summed E-state index contributed by atoms with van der Waals surface area (Å²) in [6.07, 6.45) is 9.38. The van der Waals surface area contributed by atoms with E-state index in [2.05, 4.69) is 4.90 Å². The van der Waals surface area contributed by atoms with E-state index < -0.39 is 0 Å². The molecule has 5 nitrogen and oxygen atoms in total. The van der Waals surface area contributed by atoms with Crippen LogP contribution >= 0.6 is 0 Å². The van der Waals surface area contributed by atoms with Crippen molar-refractivity contribution in [3.05, 3.63) is 29.8 Å². The Balaban J connectivity index is 1.56. The number of piperidine rings is 2. The fourth-order valence-corrected chi connectivity index (χ4v) is 4.21. The molecule has 0 bridgehead atoms. The van der Waals surface area contributed by atoms with E-state index in [4.69, 9.17) is 14.2 Å². The molecule has 2 atom stereocenters. The Morgan fingerprint density at radius 1 is 1.15 bits per heavy atom. The maximum absolute atomic E-state index is 12.2. The van der Waals surface area contributed by atoms with Crippen LogP contribution < -0.4 is 9.47 Å². The summed E-state index contributed by atoms with van der Waals surface area (Å²) in [6.45, 7) is 2.91. The van der Waals surface area contributed by atoms with Gasteiger partial charge < -0.3 is 14.2 Å². The number of hydrogen-bond acceptors (Lipinski definition) is 5. The number of para-hydroxylation sites is 1. The molecule has 2 aliphatic heterocycles. The monoisotopic (exact) mass is 359 g/mol. The topological polar surface area (TPSA) is 48.0 Å². The minimum Gasteiger partial charge on any atom is -0.493 e. The predicted octanol–water partition coefficient (Wildman–Crippen LogP) is 3.52. The summed E-state index contributed by atoms with van der Waals surface area (Å²) < 4.78 is 16.2. The molecule has 5 heteroatoms. The van der Waals surface area contributed by atoms with Gasteiger partial charge in [0.25, 0.3) is 0 Å². The predicted molar refractivity (Wildman–Crippen MR) is 101 cm³/mol. The van der Waals surface area contributed by atoms with Gasteiger partial charge in [-0.25, -0.2) is 4.79 Å². The highest BCUT2D eigenvalue weighted by Gasteiger charge is 2.33. The molecule has 0 radical (unpaired) electrons. The molecule has 2 unspecified atom stereocenters. The largest absolute Gasteiger partial charge is 0.493 e. The van der Waals surface area contributed by atoms with Crippen LogP contribution in [0.4, 0.5) is 0 Å². The SMILES string of the molecule is COc1cccc(C=CC(=O)OCC2CCCN3CCCCC23)c1OC. The van der Waals surface area contributed by atoms with Gasteiger partial charge in [-0.3, -0.25) is 4.90 Å². The van der Waals surface area contributed by atoms with Gasteiger partial charge >= 0.3 is 5.97 Å². The van der Waals surface area contributed by atoms with Gasteiger partial charge in [-0.15, -0.1) is 0 Å². The molecule has 26 heavy (non-hydrogen) atoms. The number of ether oxygens (including phenoxy) is 3. The Hall–Kier alpha value is -2.01. The molecule has 1 aromatic rings. The summed E-state index contributed by atoms with van der Waals surface area (Å²) in [4.78, 5) is 14.8. The molecule has 0 aromatic heterocycles. The maximum atomic E-state index is 12.2. The minimum absolute atomic E-state index is 0.303. The van der Waals surface area contributed by atoms with Crippen molar-refractivity contribution in [1.29, 1.82) is 0 Å². The molecule has 1 aromatic carbocycles. The lowest BCUT2D eigenvalue weighted by molar-refractivity contribution is -0.140. The van der Waals surface area contributed by atoms with E-state index in [1.165, 1.54) is 44.8 Å². The van der Waals surface area contributed by atoms with Crippen LogP contribution in [-0.4, -0.2) is 50.8 Å². The van der Waals surface area contributed by atoms with Crippen molar-refractivity contribution in [2.24, 2.45) is 5.92 Å². The van der Waals surface area contributed by atoms with E-state index >= 15 is 0 Å². The molecule has 0 saturated carbocycles. The molecule has 0 spiro atoms. The van der Waals surface area contributed by atoms with Crippen LogP contribution in [0, 0.1) is 5.92 Å². The third-order valence-corrected chi connectivity index (χ3v) is 5.50. The Morgan fingerprint density at radius 3 is 2.81 bits per heavy atom. The Morgan fingerprint density at radius 2 is 2.00 bits per heavy atom. The summed E-state index contributed by atoms with van der Waals surface area (Å²) in [5.74, 6) is 1.42. The number of esters is 1. The summed E-state index contributed by atoms with van der Waals surface area (Å²) in [6, 6.07) is 6.17. The zero-order valence-electron chi connectivity index (χ0n) is 15.8. The van der Waals surface area contributed by atoms with Gasteiger partial charge in [0.2, 0.25) is 0 Å². The van der Waals surface area contributed by atoms with E-state index in [9.17, 15) is 4.79 Å². The van der Waals surface area contributed by atoms with Crippen LogP contribution in [0.15, 0.2) is 24.3 Å². The number of benzene rings is 1. The molecule has 2 aliphatic rings. The second-order valence-electron chi connectivity index (χ2n) is 7.05. The molecular formula is C21H29NO4. The molecule has 2 saturated heterocycles. The van der Waals surface area contributed by atoms with Gasteiger partial charge in [-0.1, -0.05) is 18.6 Å². The Kier molecular flexibility index (Phi) is 6.56. The van der Waals surface area contributed by atoms with E-state index in [-0.39, 0.29) is 5.97 Å². The summed E-state index contributed by atoms with van der Waals surface area (Å²) >= 11 is 0. The number of methoxy groups -OCH3 is 2. The average molecular weight is 359 g/mol. The highest BCUT2D eigenvalue weighted by Crippen LogP contribution is 2.32. The van der Waals surface area contributed by atoms with Crippen molar-refractivity contribution in [3.8, 4) is 11.5 Å². The van der Waals surface area contributed by atoms with Crippen molar-refractivity contribution in [2.75, 3.05) is 33.9 Å². The van der Waals surface area contributed by atoms with Crippen molar-refractivity contribution in [1.82, 2.24) is 4.90 Å². The van der Waals surface area contributed by atoms with Crippen molar-refractivity contribution < 1.29 is 19.0 Å². The van der Waals surface area contributed by atoms with Crippen LogP contribution in [-0.2, 0) is 9.53 Å². The molecular weight excluding hydrogens is 330 g/mol. The fraction of sp³-hybridized carbons (Fsp3) is 0.571. The number of rotatable bonds is 6. The normalized spacial score (nSPS) is 23.5. The fourth-order valence-electron chi connectivity index (χ4n) is 4.21. The van der Waals surface area contributed by atoms with Gasteiger partial charge in [-0.05, 0) is 50.9 Å². The number of fused-ring (bicyclic) bond motifs is 1. The molecule has 3 rings (SSSR count). The van der Waals surface area contributed by atoms with Gasteiger partial charge in [-0.2, -0.15) is 0 Å². The lowest BCUT2D eigenvalue weighted by Crippen LogP contribution is -2.49. The third kappa shape index (κ3) is 4.39. The van der Waals surface area contributed by atoms with E-state index in [0.29, 0.717) is 30.1 Å². The zero-order valence-corrected chi connectivity index (χ0v) is 15.8. The first-order valence-electron chi connectivity index (χ1n) is 9.53. The second kappa shape index (κ2) is 9.08. The summed E-state index contributed by atoms with van der Waals surface area (Å²) in [7, 11) is 3.19. The smallest absolute Gasteiger partial charge is 0.330 e. The van der Waals surface area contributed by atoms with Crippen LogP contribution in [0.2, 0.25) is 0 Å². The highest BCUT2D eigenvalue weighted by molar-refractivity contribution is 5.87. The number of hydrogen-bond donors (Lipinski definition) is 0. The quantitative estimate of drug-likeness (QED) is 0.574. The first-order chi connectivity index (χ1) is 12.7. The van der Waals surface area contributed by atoms with Crippen LogP contribution in [0.25, 0.3) is 6.08 Å². The van der Waals surface area contributed by atoms with Gasteiger partial charge in [0.05, 0.1) is 20.8 Å². The number of carbonyl (C=O) groups is 1. The number of nitrogens with zero attached hydrogens (tertiary/aromatic N) is 1. The molecule has 0 aliphatic carbocycles. The summed E-state index contributed by atoms with van der Waals surface area (Å²) in [5, 5.41) is 0. The Labute approximate surface area is 155 Å². The van der Waals surface area contributed by atoms with Gasteiger partial charge in [0.15, 0.2) is 11.5 Å². The average Bonchev–Trinajstić information content (AvgIpc) is 2.70. The molecule has 0 amide bonds. The molecule has 2 fully saturated rings. The van der Waals surface area contributed by atoms with E-state index in [1.807, 2.05) is 18.2 Å². The van der Waals surface area contributed by atoms with Crippen LogP contribution in [0.5, 0.6) is 11.5 Å². The summed E-state index contributed by atoms with van der Waals surface area (Å²) in [5.41, 5.74) is 0.792. The molecule has 2 heterocycles. The Bertz CT molecular complexity index is 641. The van der Waals surface area contributed by atoms with Crippen LogP contribution in [0.1, 0.15) is 37.7 Å². The lowest BCUT2D eigenvalue weighted by atomic mass is 9.84. The van der Waals surface area contributed by atoms with Gasteiger partial charge in [0, 0.05) is 23.6 Å². The van der Waals surface area contributed by atoms with Crippen molar-refractivity contribution in [2.45, 2.75) is 38.1 Å². The standard InChI is InChI=1S/C21H29NO4/c1-24-19-10-5-7-16(21(19)25-2)11-12-20(23)26-15-17-8-6-14-22-13-4-3-9-18(17)22/h5,7,10-12,17-18H,3-4,6,8-9,13-15H2,1-2H3. The first-order valence-corrected chi connectivity index (χ1v) is 9.53. The van der Waals surface area contributed by atoms with Gasteiger partial charge in [0.1, 0.15) is 0 Å². The zero-order chi connectivity index (χ0) is 18.4. The van der Waals surface area contributed by atoms with Crippen molar-refractivity contribution in [3.63, 3.8) is 0 Å². The molecule has 142 valence electrons. The first kappa shape index (κ1) is 18.8. The van der Waals surface area contributed by atoms with E-state index in [0.717, 1.165) is 12.0 Å². The molecule has 0 N–H and O–H groups in total. The lowest BCUT2D eigenvalue weighted by Gasteiger charge is -2.44.